The topological polar surface area (TPSA) is 113 Å². The second kappa shape index (κ2) is 7.17. The zero-order chi connectivity index (χ0) is 16.1. The van der Waals surface area contributed by atoms with E-state index in [2.05, 4.69) is 25.3 Å². The Bertz CT molecular complexity index is 766. The fraction of sp³-hybridized carbons (Fsp3) is 0.312. The van der Waals surface area contributed by atoms with Crippen molar-refractivity contribution < 1.29 is 5.11 Å². The molecule has 0 unspecified atom stereocenters. The number of H-pyrrole nitrogens is 1. The van der Waals surface area contributed by atoms with E-state index in [4.69, 9.17) is 10.8 Å². The molecule has 1 fully saturated rings. The Hall–Kier alpha value is -2.51. The average Bonchev–Trinajstić information content (AvgIpc) is 3.04. The van der Waals surface area contributed by atoms with Crippen LogP contribution in [-0.4, -0.2) is 44.2 Å². The lowest BCUT2D eigenvalue weighted by atomic mass is 10.1. The van der Waals surface area contributed by atoms with Crippen molar-refractivity contribution in [2.75, 3.05) is 18.8 Å². The zero-order valence-corrected chi connectivity index (χ0v) is 12.7. The smallest absolute Gasteiger partial charge is 0.156 e. The van der Waals surface area contributed by atoms with E-state index in [0.717, 1.165) is 48.4 Å². The molecule has 1 saturated heterocycles. The van der Waals surface area contributed by atoms with Gasteiger partial charge in [0.05, 0.1) is 18.0 Å². The predicted molar refractivity (Wildman–Crippen MR) is 89.6 cm³/mol. The molecule has 3 aromatic rings. The molecule has 23 heavy (non-hydrogen) atoms. The molecule has 7 heteroatoms. The van der Waals surface area contributed by atoms with Gasteiger partial charge in [-0.25, -0.2) is 15.0 Å². The van der Waals surface area contributed by atoms with Crippen molar-refractivity contribution in [2.24, 2.45) is 0 Å². The van der Waals surface area contributed by atoms with Crippen LogP contribution in [0.25, 0.3) is 22.4 Å². The number of aliphatic hydroxyl groups is 1. The lowest BCUT2D eigenvalue weighted by Crippen LogP contribution is -2.30. The Labute approximate surface area is 134 Å². The monoisotopic (exact) mass is 312 g/mol. The van der Waals surface area contributed by atoms with Crippen LogP contribution in [0.2, 0.25) is 0 Å². The Balaban J connectivity index is 0.000000188. The zero-order valence-electron chi connectivity index (χ0n) is 12.7. The number of aliphatic hydroxyl groups excluding tert-OH is 1. The summed E-state index contributed by atoms with van der Waals surface area (Å²) >= 11 is 0. The molecule has 0 aliphatic carbocycles. The summed E-state index contributed by atoms with van der Waals surface area (Å²) in [5.74, 6) is 0.465. The molecule has 0 amide bonds. The number of rotatable bonds is 1. The van der Waals surface area contributed by atoms with Crippen molar-refractivity contribution in [1.82, 2.24) is 25.3 Å². The van der Waals surface area contributed by atoms with Gasteiger partial charge in [0.1, 0.15) is 11.3 Å². The number of nitrogens with one attached hydrogen (secondary N) is 2. The third-order valence-electron chi connectivity index (χ3n) is 3.68. The lowest BCUT2D eigenvalue weighted by Gasteiger charge is -2.16. The normalized spacial score (nSPS) is 15.2. The highest BCUT2D eigenvalue weighted by Crippen LogP contribution is 2.22. The van der Waals surface area contributed by atoms with E-state index in [1.54, 1.807) is 18.6 Å². The van der Waals surface area contributed by atoms with Gasteiger partial charge in [0.25, 0.3) is 0 Å². The molecule has 0 spiro atoms. The minimum Gasteiger partial charge on any atom is -0.393 e. The van der Waals surface area contributed by atoms with Crippen LogP contribution in [0.3, 0.4) is 0 Å². The van der Waals surface area contributed by atoms with E-state index in [-0.39, 0.29) is 6.10 Å². The highest BCUT2D eigenvalue weighted by Gasteiger charge is 2.07. The van der Waals surface area contributed by atoms with Gasteiger partial charge < -0.3 is 21.1 Å². The van der Waals surface area contributed by atoms with Crippen molar-refractivity contribution in [1.29, 1.82) is 0 Å². The van der Waals surface area contributed by atoms with Gasteiger partial charge in [-0.3, -0.25) is 0 Å². The molecular formula is C16H20N6O. The standard InChI is InChI=1S/C11H9N5.C5H11NO/c12-10-7(2-1-4-13-10)9-6-15-11-8(16-9)3-5-14-11;7-5-1-3-6-4-2-5/h1-6H,(H2,12,13)(H,14,15);5-7H,1-4H2. The molecule has 0 bridgehead atoms. The number of nitrogens with two attached hydrogens (primary N) is 1. The minimum absolute atomic E-state index is 0.0266. The molecule has 0 radical (unpaired) electrons. The van der Waals surface area contributed by atoms with Crippen LogP contribution in [0.1, 0.15) is 12.8 Å². The molecule has 3 aromatic heterocycles. The second-order valence-corrected chi connectivity index (χ2v) is 5.38. The van der Waals surface area contributed by atoms with Crippen molar-refractivity contribution >= 4 is 17.0 Å². The summed E-state index contributed by atoms with van der Waals surface area (Å²) in [6.07, 6.45) is 6.98. The molecule has 0 aromatic carbocycles. The van der Waals surface area contributed by atoms with Crippen LogP contribution in [-0.2, 0) is 0 Å². The average molecular weight is 312 g/mol. The third-order valence-corrected chi connectivity index (χ3v) is 3.68. The SMILES string of the molecule is Nc1ncccc1-c1cnc2[nH]ccc2n1.OC1CCNCC1. The number of hydrogen-bond acceptors (Lipinski definition) is 6. The van der Waals surface area contributed by atoms with Crippen LogP contribution in [0.5, 0.6) is 0 Å². The Morgan fingerprint density at radius 2 is 2.00 bits per heavy atom. The molecule has 4 rings (SSSR count). The second-order valence-electron chi connectivity index (χ2n) is 5.38. The maximum atomic E-state index is 8.87. The van der Waals surface area contributed by atoms with Crippen LogP contribution < -0.4 is 11.1 Å². The summed E-state index contributed by atoms with van der Waals surface area (Å²) in [4.78, 5) is 15.7. The van der Waals surface area contributed by atoms with Crippen molar-refractivity contribution in [3.05, 3.63) is 36.8 Å². The number of nitrogen functional groups attached to an aromatic ring is 1. The van der Waals surface area contributed by atoms with Gasteiger partial charge in [-0.1, -0.05) is 0 Å². The Morgan fingerprint density at radius 1 is 1.17 bits per heavy atom. The van der Waals surface area contributed by atoms with E-state index in [1.165, 1.54) is 0 Å². The summed E-state index contributed by atoms with van der Waals surface area (Å²) in [5, 5.41) is 12.0. The number of nitrogens with zero attached hydrogens (tertiary/aromatic N) is 3. The maximum Gasteiger partial charge on any atom is 0.156 e. The van der Waals surface area contributed by atoms with E-state index < -0.39 is 0 Å². The highest BCUT2D eigenvalue weighted by atomic mass is 16.3. The number of anilines is 1. The molecule has 0 atom stereocenters. The summed E-state index contributed by atoms with van der Waals surface area (Å²) in [7, 11) is 0. The van der Waals surface area contributed by atoms with Crippen LogP contribution in [0.4, 0.5) is 5.82 Å². The number of piperidine rings is 1. The Kier molecular flexibility index (Phi) is 4.80. The maximum absolute atomic E-state index is 8.87. The van der Waals surface area contributed by atoms with Gasteiger partial charge in [-0.15, -0.1) is 0 Å². The summed E-state index contributed by atoms with van der Waals surface area (Å²) in [5.41, 5.74) is 8.91. The van der Waals surface area contributed by atoms with E-state index in [1.807, 2.05) is 18.2 Å². The molecule has 5 N–H and O–H groups in total. The van der Waals surface area contributed by atoms with Gasteiger partial charge in [0.15, 0.2) is 5.65 Å². The first-order valence-electron chi connectivity index (χ1n) is 7.64. The molecule has 120 valence electrons. The van der Waals surface area contributed by atoms with Gasteiger partial charge in [0.2, 0.25) is 0 Å². The molecule has 7 nitrogen and oxygen atoms in total. The fourth-order valence-corrected chi connectivity index (χ4v) is 2.40. The van der Waals surface area contributed by atoms with E-state index in [9.17, 15) is 0 Å². The summed E-state index contributed by atoms with van der Waals surface area (Å²) < 4.78 is 0. The van der Waals surface area contributed by atoms with Crippen molar-refractivity contribution in [3.8, 4) is 11.3 Å². The first kappa shape index (κ1) is 15.4. The summed E-state index contributed by atoms with van der Waals surface area (Å²) in [6.45, 7) is 1.97. The lowest BCUT2D eigenvalue weighted by molar-refractivity contribution is 0.137. The van der Waals surface area contributed by atoms with Gasteiger partial charge in [0, 0.05) is 18.0 Å². The van der Waals surface area contributed by atoms with Gasteiger partial charge in [-0.05, 0) is 44.1 Å². The number of fused-ring (bicyclic) bond motifs is 1. The molecular weight excluding hydrogens is 292 g/mol. The molecule has 1 aliphatic heterocycles. The number of pyridine rings is 1. The van der Waals surface area contributed by atoms with Gasteiger partial charge in [-0.2, -0.15) is 0 Å². The number of aromatic nitrogens is 4. The highest BCUT2D eigenvalue weighted by molar-refractivity contribution is 5.77. The third kappa shape index (κ3) is 3.82. The largest absolute Gasteiger partial charge is 0.393 e. The van der Waals surface area contributed by atoms with Crippen LogP contribution in [0.15, 0.2) is 36.8 Å². The predicted octanol–water partition coefficient (Wildman–Crippen LogP) is 1.33. The van der Waals surface area contributed by atoms with Gasteiger partial charge >= 0.3 is 0 Å². The minimum atomic E-state index is -0.0266. The Morgan fingerprint density at radius 3 is 2.70 bits per heavy atom. The van der Waals surface area contributed by atoms with Crippen molar-refractivity contribution in [2.45, 2.75) is 18.9 Å². The van der Waals surface area contributed by atoms with Crippen molar-refractivity contribution in [3.63, 3.8) is 0 Å². The van der Waals surface area contributed by atoms with Crippen LogP contribution in [0, 0.1) is 0 Å². The first-order chi connectivity index (χ1) is 11.2. The molecule has 0 saturated carbocycles. The number of hydrogen-bond donors (Lipinski definition) is 4. The molecule has 1 aliphatic rings. The quantitative estimate of drug-likeness (QED) is 0.539. The van der Waals surface area contributed by atoms with Crippen LogP contribution >= 0.6 is 0 Å². The first-order valence-corrected chi connectivity index (χ1v) is 7.64. The van der Waals surface area contributed by atoms with E-state index in [0.29, 0.717) is 5.82 Å². The van der Waals surface area contributed by atoms with E-state index >= 15 is 0 Å². The number of aromatic amines is 1. The molecule has 4 heterocycles. The fourth-order valence-electron chi connectivity index (χ4n) is 2.40. The summed E-state index contributed by atoms with van der Waals surface area (Å²) in [6, 6.07) is 5.58.